The molecule has 8 heteroatoms. The molecule has 0 bridgehead atoms. The molecule has 1 aromatic heterocycles. The quantitative estimate of drug-likeness (QED) is 0.571. The van der Waals surface area contributed by atoms with Crippen LogP contribution in [0.25, 0.3) is 6.08 Å². The molecule has 1 spiro atoms. The van der Waals surface area contributed by atoms with Crippen molar-refractivity contribution < 1.29 is 18.9 Å². The number of piperidine rings is 1. The van der Waals surface area contributed by atoms with Crippen LogP contribution < -0.4 is 10.6 Å². The first kappa shape index (κ1) is 26.2. The van der Waals surface area contributed by atoms with Crippen LogP contribution in [0.15, 0.2) is 47.1 Å². The van der Waals surface area contributed by atoms with E-state index in [1.807, 2.05) is 4.90 Å². The molecule has 2 N–H and O–H groups in total. The standard InChI is InChI=1S/C30H38N4O4/c1-29(2,28(37)34-18-15-30(16-19-34)14-12-22-10-6-7-11-23(22)30)33-26(35)24(20-21-8-4-3-5-9-21)32-27(36)25-13-17-31-38-25/h6-7,10-14,17,21,24H,3-5,8-9,15-16,18-20H2,1-2H3,(H,32,36)(H,33,35)/t24-/m0/s1. The second-order valence-corrected chi connectivity index (χ2v) is 11.6. The number of likely N-dealkylation sites (tertiary alicyclic amines) is 1. The van der Waals surface area contributed by atoms with E-state index in [0.717, 1.165) is 38.5 Å². The third kappa shape index (κ3) is 5.40. The molecule has 2 fully saturated rings. The lowest BCUT2D eigenvalue weighted by molar-refractivity contribution is -0.142. The maximum absolute atomic E-state index is 13.6. The van der Waals surface area contributed by atoms with Crippen molar-refractivity contribution in [2.45, 2.75) is 82.2 Å². The van der Waals surface area contributed by atoms with Gasteiger partial charge in [-0.1, -0.05) is 73.7 Å². The second kappa shape index (κ2) is 10.8. The Bertz CT molecular complexity index is 1190. The van der Waals surface area contributed by atoms with Gasteiger partial charge < -0.3 is 20.1 Å². The summed E-state index contributed by atoms with van der Waals surface area (Å²) < 4.78 is 4.99. The Kier molecular flexibility index (Phi) is 7.41. The Morgan fingerprint density at radius 3 is 2.55 bits per heavy atom. The number of carbonyl (C=O) groups excluding carboxylic acids is 3. The van der Waals surface area contributed by atoms with Crippen LogP contribution in [0.3, 0.4) is 0 Å². The molecule has 2 heterocycles. The number of hydrogen-bond donors (Lipinski definition) is 2. The summed E-state index contributed by atoms with van der Waals surface area (Å²) in [4.78, 5) is 41.7. The normalized spacial score (nSPS) is 19.7. The smallest absolute Gasteiger partial charge is 0.290 e. The monoisotopic (exact) mass is 518 g/mol. The average Bonchev–Trinajstić information content (AvgIpc) is 3.58. The third-order valence-corrected chi connectivity index (χ3v) is 8.57. The number of amides is 3. The molecule has 1 saturated heterocycles. The van der Waals surface area contributed by atoms with E-state index in [1.165, 1.54) is 29.8 Å². The first-order valence-electron chi connectivity index (χ1n) is 13.9. The van der Waals surface area contributed by atoms with Gasteiger partial charge in [0, 0.05) is 24.6 Å². The zero-order valence-corrected chi connectivity index (χ0v) is 22.4. The molecule has 1 atom stereocenters. The number of hydrogen-bond acceptors (Lipinski definition) is 5. The fraction of sp³-hybridized carbons (Fsp3) is 0.533. The molecule has 1 saturated carbocycles. The number of allylic oxidation sites excluding steroid dienone is 1. The molecular formula is C30H38N4O4. The van der Waals surface area contributed by atoms with E-state index < -0.39 is 17.5 Å². The van der Waals surface area contributed by atoms with Gasteiger partial charge >= 0.3 is 0 Å². The molecule has 5 rings (SSSR count). The highest BCUT2D eigenvalue weighted by molar-refractivity contribution is 5.97. The number of benzene rings is 1. The molecule has 2 aromatic rings. The lowest BCUT2D eigenvalue weighted by Crippen LogP contribution is -2.61. The van der Waals surface area contributed by atoms with Crippen molar-refractivity contribution in [2.75, 3.05) is 13.1 Å². The van der Waals surface area contributed by atoms with E-state index >= 15 is 0 Å². The number of carbonyl (C=O) groups is 3. The highest BCUT2D eigenvalue weighted by atomic mass is 16.5. The molecule has 1 aromatic carbocycles. The van der Waals surface area contributed by atoms with Gasteiger partial charge in [-0.05, 0) is 50.2 Å². The molecule has 1 aliphatic heterocycles. The maximum Gasteiger partial charge on any atom is 0.290 e. The summed E-state index contributed by atoms with van der Waals surface area (Å²) in [5, 5.41) is 9.39. The lowest BCUT2D eigenvalue weighted by Gasteiger charge is -2.42. The fourth-order valence-corrected chi connectivity index (χ4v) is 6.37. The zero-order chi connectivity index (χ0) is 26.8. The van der Waals surface area contributed by atoms with Crippen molar-refractivity contribution in [1.82, 2.24) is 20.7 Å². The first-order valence-corrected chi connectivity index (χ1v) is 13.9. The summed E-state index contributed by atoms with van der Waals surface area (Å²) in [6.45, 7) is 4.76. The Hall–Kier alpha value is -3.42. The van der Waals surface area contributed by atoms with Crippen molar-refractivity contribution in [3.63, 3.8) is 0 Å². The van der Waals surface area contributed by atoms with Crippen LogP contribution in [-0.4, -0.2) is 52.4 Å². The first-order chi connectivity index (χ1) is 18.3. The van der Waals surface area contributed by atoms with Gasteiger partial charge in [0.1, 0.15) is 11.6 Å². The number of fused-ring (bicyclic) bond motifs is 2. The Labute approximate surface area is 224 Å². The van der Waals surface area contributed by atoms with Gasteiger partial charge in [-0.2, -0.15) is 0 Å². The van der Waals surface area contributed by atoms with E-state index in [0.29, 0.717) is 25.4 Å². The minimum atomic E-state index is -1.10. The molecule has 3 aliphatic rings. The molecule has 2 aliphatic carbocycles. The fourth-order valence-electron chi connectivity index (χ4n) is 6.37. The van der Waals surface area contributed by atoms with Crippen LogP contribution in [0.2, 0.25) is 0 Å². The van der Waals surface area contributed by atoms with Crippen LogP contribution in [-0.2, 0) is 15.0 Å². The van der Waals surface area contributed by atoms with Crippen molar-refractivity contribution in [1.29, 1.82) is 0 Å². The Balaban J connectivity index is 1.23. The average molecular weight is 519 g/mol. The number of rotatable bonds is 7. The number of nitrogens with zero attached hydrogens (tertiary/aromatic N) is 2. The second-order valence-electron chi connectivity index (χ2n) is 11.6. The van der Waals surface area contributed by atoms with Gasteiger partial charge in [-0.25, -0.2) is 0 Å². The summed E-state index contributed by atoms with van der Waals surface area (Å²) in [7, 11) is 0. The van der Waals surface area contributed by atoms with Crippen LogP contribution >= 0.6 is 0 Å². The topological polar surface area (TPSA) is 105 Å². The summed E-state index contributed by atoms with van der Waals surface area (Å²) >= 11 is 0. The van der Waals surface area contributed by atoms with E-state index in [9.17, 15) is 14.4 Å². The highest BCUT2D eigenvalue weighted by Crippen LogP contribution is 2.43. The van der Waals surface area contributed by atoms with Crippen LogP contribution in [0, 0.1) is 5.92 Å². The Morgan fingerprint density at radius 1 is 1.11 bits per heavy atom. The lowest BCUT2D eigenvalue weighted by atomic mass is 9.74. The third-order valence-electron chi connectivity index (χ3n) is 8.57. The van der Waals surface area contributed by atoms with Crippen LogP contribution in [0.1, 0.15) is 86.9 Å². The summed E-state index contributed by atoms with van der Waals surface area (Å²) in [5.41, 5.74) is 1.48. The SMILES string of the molecule is CC(C)(NC(=O)[C@H](CC1CCCCC1)NC(=O)c1ccno1)C(=O)N1CCC2(C=Cc3ccccc32)CC1. The summed E-state index contributed by atoms with van der Waals surface area (Å²) in [6, 6.07) is 9.18. The Morgan fingerprint density at radius 2 is 1.84 bits per heavy atom. The van der Waals surface area contributed by atoms with Gasteiger partial charge in [0.2, 0.25) is 17.6 Å². The summed E-state index contributed by atoms with van der Waals surface area (Å²) in [6.07, 6.45) is 13.7. The molecule has 0 unspecified atom stereocenters. The minimum absolute atomic E-state index is 0.0170. The van der Waals surface area contributed by atoms with Gasteiger partial charge in [0.25, 0.3) is 5.91 Å². The predicted molar refractivity (Wildman–Crippen MR) is 144 cm³/mol. The molecule has 38 heavy (non-hydrogen) atoms. The molecule has 202 valence electrons. The van der Waals surface area contributed by atoms with E-state index in [-0.39, 0.29) is 23.0 Å². The molecule has 3 amide bonds. The van der Waals surface area contributed by atoms with E-state index in [2.05, 4.69) is 52.2 Å². The van der Waals surface area contributed by atoms with Gasteiger partial charge in [-0.3, -0.25) is 14.4 Å². The zero-order valence-electron chi connectivity index (χ0n) is 22.4. The highest BCUT2D eigenvalue weighted by Gasteiger charge is 2.42. The molecule has 0 radical (unpaired) electrons. The van der Waals surface area contributed by atoms with Crippen LogP contribution in [0.5, 0.6) is 0 Å². The van der Waals surface area contributed by atoms with Gasteiger partial charge in [0.15, 0.2) is 0 Å². The number of nitrogens with one attached hydrogen (secondary N) is 2. The minimum Gasteiger partial charge on any atom is -0.351 e. The molecule has 8 nitrogen and oxygen atoms in total. The summed E-state index contributed by atoms with van der Waals surface area (Å²) in [5.74, 6) is -0.508. The van der Waals surface area contributed by atoms with E-state index in [4.69, 9.17) is 4.52 Å². The van der Waals surface area contributed by atoms with Crippen molar-refractivity contribution in [3.8, 4) is 0 Å². The van der Waals surface area contributed by atoms with Crippen LogP contribution in [0.4, 0.5) is 0 Å². The van der Waals surface area contributed by atoms with Crippen molar-refractivity contribution in [2.24, 2.45) is 5.92 Å². The van der Waals surface area contributed by atoms with E-state index in [1.54, 1.807) is 13.8 Å². The van der Waals surface area contributed by atoms with Crippen molar-refractivity contribution in [3.05, 3.63) is 59.5 Å². The largest absolute Gasteiger partial charge is 0.351 e. The van der Waals surface area contributed by atoms with Gasteiger partial charge in [0.05, 0.1) is 6.20 Å². The van der Waals surface area contributed by atoms with Gasteiger partial charge in [-0.15, -0.1) is 0 Å². The maximum atomic E-state index is 13.6. The number of aromatic nitrogens is 1. The van der Waals surface area contributed by atoms with Crippen molar-refractivity contribution >= 4 is 23.8 Å². The predicted octanol–water partition coefficient (Wildman–Crippen LogP) is 4.23. The molecular weight excluding hydrogens is 480 g/mol.